The molecule has 2 N–H and O–H groups in total. The minimum Gasteiger partial charge on any atom is -0.348 e. The molecule has 2 nitrogen and oxygen atoms in total. The first-order valence-corrected chi connectivity index (χ1v) is 5.93. The Morgan fingerprint density at radius 3 is 2.69 bits per heavy atom. The van der Waals surface area contributed by atoms with Crippen molar-refractivity contribution in [3.05, 3.63) is 35.5 Å². The van der Waals surface area contributed by atoms with Crippen LogP contribution < -0.4 is 5.73 Å². The van der Waals surface area contributed by atoms with E-state index >= 15 is 0 Å². The maximum absolute atomic E-state index is 5.87. The van der Waals surface area contributed by atoms with Crippen molar-refractivity contribution in [2.75, 3.05) is 6.54 Å². The number of aromatic nitrogens is 1. The molecule has 0 unspecified atom stereocenters. The minimum atomic E-state index is 0.304. The fourth-order valence-electron chi connectivity index (χ4n) is 2.58. The van der Waals surface area contributed by atoms with Gasteiger partial charge in [-0.25, -0.2) is 0 Å². The number of aryl methyl sites for hydroxylation is 2. The van der Waals surface area contributed by atoms with E-state index in [-0.39, 0.29) is 0 Å². The summed E-state index contributed by atoms with van der Waals surface area (Å²) in [7, 11) is 2.12. The Hall–Kier alpha value is -1.28. The SMILES string of the molecule is Cc1cc2cc(C3(CN)CC3)ccc2n1C. The summed E-state index contributed by atoms with van der Waals surface area (Å²) in [5, 5.41) is 1.34. The topological polar surface area (TPSA) is 30.9 Å². The number of hydrogen-bond acceptors (Lipinski definition) is 1. The van der Waals surface area contributed by atoms with Crippen LogP contribution >= 0.6 is 0 Å². The van der Waals surface area contributed by atoms with Gasteiger partial charge in [0.25, 0.3) is 0 Å². The highest BCUT2D eigenvalue weighted by Gasteiger charge is 2.42. The van der Waals surface area contributed by atoms with Crippen LogP contribution in [0.2, 0.25) is 0 Å². The third-order valence-electron chi connectivity index (χ3n) is 4.14. The van der Waals surface area contributed by atoms with Crippen LogP contribution in [0.15, 0.2) is 24.3 Å². The molecule has 0 aliphatic heterocycles. The maximum atomic E-state index is 5.87. The van der Waals surface area contributed by atoms with Gasteiger partial charge in [-0.1, -0.05) is 6.07 Å². The number of nitrogens with zero attached hydrogens (tertiary/aromatic N) is 1. The monoisotopic (exact) mass is 214 g/mol. The molecule has 1 aromatic heterocycles. The molecule has 1 fully saturated rings. The van der Waals surface area contributed by atoms with E-state index < -0.39 is 0 Å². The second kappa shape index (κ2) is 3.11. The van der Waals surface area contributed by atoms with Gasteiger partial charge < -0.3 is 10.3 Å². The third kappa shape index (κ3) is 1.23. The normalized spacial score (nSPS) is 17.9. The first-order valence-electron chi connectivity index (χ1n) is 5.93. The number of nitrogens with two attached hydrogens (primary N) is 1. The van der Waals surface area contributed by atoms with Crippen molar-refractivity contribution in [3.63, 3.8) is 0 Å². The largest absolute Gasteiger partial charge is 0.348 e. The Balaban J connectivity index is 2.17. The zero-order chi connectivity index (χ0) is 11.3. The van der Waals surface area contributed by atoms with Gasteiger partial charge >= 0.3 is 0 Å². The van der Waals surface area contributed by atoms with Crippen LogP contribution in [0, 0.1) is 6.92 Å². The molecule has 1 saturated carbocycles. The van der Waals surface area contributed by atoms with E-state index in [2.05, 4.69) is 42.8 Å². The molecular formula is C14H18N2. The molecule has 0 saturated heterocycles. The van der Waals surface area contributed by atoms with E-state index in [1.54, 1.807) is 0 Å². The summed E-state index contributed by atoms with van der Waals surface area (Å²) in [5.74, 6) is 0. The van der Waals surface area contributed by atoms with Crippen LogP contribution in [0.3, 0.4) is 0 Å². The Labute approximate surface area is 96.1 Å². The Morgan fingerprint density at radius 2 is 2.06 bits per heavy atom. The van der Waals surface area contributed by atoms with E-state index in [1.807, 2.05) is 0 Å². The lowest BCUT2D eigenvalue weighted by molar-refractivity contribution is 0.706. The van der Waals surface area contributed by atoms with Gasteiger partial charge in [-0.05, 0) is 43.5 Å². The molecule has 1 aromatic carbocycles. The van der Waals surface area contributed by atoms with Gasteiger partial charge in [-0.2, -0.15) is 0 Å². The lowest BCUT2D eigenvalue weighted by atomic mass is 9.95. The molecule has 1 aliphatic rings. The van der Waals surface area contributed by atoms with E-state index in [1.165, 1.54) is 35.0 Å². The number of rotatable bonds is 2. The summed E-state index contributed by atoms with van der Waals surface area (Å²) in [4.78, 5) is 0. The summed E-state index contributed by atoms with van der Waals surface area (Å²) in [5.41, 5.74) is 10.2. The van der Waals surface area contributed by atoms with E-state index in [9.17, 15) is 0 Å². The van der Waals surface area contributed by atoms with Crippen molar-refractivity contribution in [2.24, 2.45) is 12.8 Å². The van der Waals surface area contributed by atoms with Crippen LogP contribution in [0.4, 0.5) is 0 Å². The standard InChI is InChI=1S/C14H18N2/c1-10-7-11-8-12(14(9-15)5-6-14)3-4-13(11)16(10)2/h3-4,7-8H,5-6,9,15H2,1-2H3. The van der Waals surface area contributed by atoms with Crippen LogP contribution in [0.25, 0.3) is 10.9 Å². The van der Waals surface area contributed by atoms with E-state index in [4.69, 9.17) is 5.73 Å². The van der Waals surface area contributed by atoms with Gasteiger partial charge in [0, 0.05) is 35.6 Å². The summed E-state index contributed by atoms with van der Waals surface area (Å²) >= 11 is 0. The molecule has 0 atom stereocenters. The van der Waals surface area contributed by atoms with Gasteiger partial charge in [0.1, 0.15) is 0 Å². The van der Waals surface area contributed by atoms with Crippen molar-refractivity contribution < 1.29 is 0 Å². The highest BCUT2D eigenvalue weighted by molar-refractivity contribution is 5.82. The Kier molecular flexibility index (Phi) is 1.93. The molecule has 0 radical (unpaired) electrons. The van der Waals surface area contributed by atoms with E-state index in [0.29, 0.717) is 5.41 Å². The highest BCUT2D eigenvalue weighted by atomic mass is 14.9. The van der Waals surface area contributed by atoms with Gasteiger partial charge in [-0.3, -0.25) is 0 Å². The van der Waals surface area contributed by atoms with Crippen molar-refractivity contribution in [3.8, 4) is 0 Å². The number of benzene rings is 1. The molecule has 0 bridgehead atoms. The summed E-state index contributed by atoms with van der Waals surface area (Å²) in [6.07, 6.45) is 2.50. The van der Waals surface area contributed by atoms with Crippen LogP contribution in [-0.2, 0) is 12.5 Å². The first-order chi connectivity index (χ1) is 7.66. The number of hydrogen-bond donors (Lipinski definition) is 1. The van der Waals surface area contributed by atoms with E-state index in [0.717, 1.165) is 6.54 Å². The van der Waals surface area contributed by atoms with Crippen LogP contribution in [0.1, 0.15) is 24.1 Å². The molecule has 3 rings (SSSR count). The van der Waals surface area contributed by atoms with Crippen molar-refractivity contribution in [1.29, 1.82) is 0 Å². The first kappa shape index (κ1) is 9.91. The second-order valence-electron chi connectivity index (χ2n) is 5.10. The van der Waals surface area contributed by atoms with Crippen molar-refractivity contribution in [2.45, 2.75) is 25.2 Å². The third-order valence-corrected chi connectivity index (χ3v) is 4.14. The lowest BCUT2D eigenvalue weighted by Gasteiger charge is -2.12. The predicted molar refractivity (Wildman–Crippen MR) is 67.6 cm³/mol. The fraction of sp³-hybridized carbons (Fsp3) is 0.429. The lowest BCUT2D eigenvalue weighted by Crippen LogP contribution is -2.19. The molecule has 2 aromatic rings. The second-order valence-corrected chi connectivity index (χ2v) is 5.10. The quantitative estimate of drug-likeness (QED) is 0.818. The van der Waals surface area contributed by atoms with Gasteiger partial charge in [0.05, 0.1) is 0 Å². The molecule has 1 aliphatic carbocycles. The zero-order valence-corrected chi connectivity index (χ0v) is 9.96. The average Bonchev–Trinajstić information content (AvgIpc) is 3.04. The molecule has 2 heteroatoms. The molecule has 16 heavy (non-hydrogen) atoms. The smallest absolute Gasteiger partial charge is 0.0479 e. The van der Waals surface area contributed by atoms with Gasteiger partial charge in [0.15, 0.2) is 0 Å². The van der Waals surface area contributed by atoms with Gasteiger partial charge in [-0.15, -0.1) is 0 Å². The molecule has 0 spiro atoms. The molecule has 1 heterocycles. The predicted octanol–water partition coefficient (Wildman–Crippen LogP) is 2.48. The maximum Gasteiger partial charge on any atom is 0.0479 e. The number of fused-ring (bicyclic) bond motifs is 1. The van der Waals surface area contributed by atoms with Gasteiger partial charge in [0.2, 0.25) is 0 Å². The van der Waals surface area contributed by atoms with Crippen molar-refractivity contribution in [1.82, 2.24) is 4.57 Å². The molecule has 84 valence electrons. The Bertz CT molecular complexity index is 547. The highest BCUT2D eigenvalue weighted by Crippen LogP contribution is 2.47. The summed E-state index contributed by atoms with van der Waals surface area (Å²) in [6, 6.07) is 9.06. The average molecular weight is 214 g/mol. The molecular weight excluding hydrogens is 196 g/mol. The fourth-order valence-corrected chi connectivity index (χ4v) is 2.58. The zero-order valence-electron chi connectivity index (χ0n) is 9.96. The van der Waals surface area contributed by atoms with Crippen LogP contribution in [-0.4, -0.2) is 11.1 Å². The summed E-state index contributed by atoms with van der Waals surface area (Å²) in [6.45, 7) is 2.93. The van der Waals surface area contributed by atoms with Crippen LogP contribution in [0.5, 0.6) is 0 Å². The van der Waals surface area contributed by atoms with Crippen molar-refractivity contribution >= 4 is 10.9 Å². The summed E-state index contributed by atoms with van der Waals surface area (Å²) < 4.78 is 2.24. The Morgan fingerprint density at radius 1 is 1.31 bits per heavy atom. The minimum absolute atomic E-state index is 0.304. The molecule has 0 amide bonds.